The lowest BCUT2D eigenvalue weighted by molar-refractivity contribution is -0.192. The second-order valence-corrected chi connectivity index (χ2v) is 9.85. The second kappa shape index (κ2) is 13.4. The van der Waals surface area contributed by atoms with Gasteiger partial charge in [0.2, 0.25) is 0 Å². The maximum absolute atomic E-state index is 13.4. The maximum Gasteiger partial charge on any atom is 0.490 e. The van der Waals surface area contributed by atoms with Crippen molar-refractivity contribution in [2.24, 2.45) is 0 Å². The van der Waals surface area contributed by atoms with Crippen LogP contribution in [0.5, 0.6) is 0 Å². The molecule has 10 heteroatoms. The zero-order valence-electron chi connectivity index (χ0n) is 21.3. The van der Waals surface area contributed by atoms with Gasteiger partial charge in [-0.15, -0.1) is 0 Å². The van der Waals surface area contributed by atoms with Crippen LogP contribution >= 0.6 is 15.9 Å². The molecule has 2 heterocycles. The van der Waals surface area contributed by atoms with Crippen LogP contribution in [0, 0.1) is 5.82 Å². The number of nitrogens with zero attached hydrogens (tertiary/aromatic N) is 1. The van der Waals surface area contributed by atoms with Crippen LogP contribution < -0.4 is 0 Å². The largest absolute Gasteiger partial charge is 0.490 e. The first-order chi connectivity index (χ1) is 18.5. The number of carbonyl (C=O) groups is 1. The SMILES string of the molecule is Brc1cccc2[nH]ccc12.CN(C)CCc1cccc2[nH]cc(Cc3cccc(F)c3)c12.O=C(O)C(F)(F)F. The monoisotopic (exact) mass is 605 g/mol. The van der Waals surface area contributed by atoms with E-state index in [-0.39, 0.29) is 5.82 Å². The molecule has 39 heavy (non-hydrogen) atoms. The van der Waals surface area contributed by atoms with Gasteiger partial charge in [-0.3, -0.25) is 0 Å². The third kappa shape index (κ3) is 8.69. The number of carboxylic acid groups (broad SMARTS) is 1. The van der Waals surface area contributed by atoms with Crippen LogP contribution in [0.3, 0.4) is 0 Å². The minimum Gasteiger partial charge on any atom is -0.475 e. The summed E-state index contributed by atoms with van der Waals surface area (Å²) in [5.74, 6) is -2.93. The molecular formula is C29H28BrF4N3O2. The van der Waals surface area contributed by atoms with Gasteiger partial charge in [0, 0.05) is 45.2 Å². The van der Waals surface area contributed by atoms with E-state index in [1.165, 1.54) is 33.5 Å². The number of aromatic nitrogens is 2. The summed E-state index contributed by atoms with van der Waals surface area (Å²) >= 11 is 3.46. The summed E-state index contributed by atoms with van der Waals surface area (Å²) in [6, 6.07) is 21.4. The predicted molar refractivity (Wildman–Crippen MR) is 149 cm³/mol. The number of benzene rings is 3. The Hall–Kier alpha value is -3.63. The van der Waals surface area contributed by atoms with Crippen LogP contribution in [0.2, 0.25) is 0 Å². The Bertz CT molecular complexity index is 1530. The molecule has 0 atom stereocenters. The number of halogens is 5. The van der Waals surface area contributed by atoms with Gasteiger partial charge in [-0.25, -0.2) is 9.18 Å². The number of fused-ring (bicyclic) bond motifs is 2. The lowest BCUT2D eigenvalue weighted by atomic mass is 9.99. The van der Waals surface area contributed by atoms with E-state index in [4.69, 9.17) is 9.90 Å². The number of carboxylic acids is 1. The first-order valence-corrected chi connectivity index (χ1v) is 12.7. The summed E-state index contributed by atoms with van der Waals surface area (Å²) in [4.78, 5) is 17.6. The van der Waals surface area contributed by atoms with Gasteiger partial charge in [-0.1, -0.05) is 46.3 Å². The molecule has 0 fully saturated rings. The van der Waals surface area contributed by atoms with E-state index in [0.717, 1.165) is 34.9 Å². The van der Waals surface area contributed by atoms with Crippen LogP contribution in [0.4, 0.5) is 17.6 Å². The number of aliphatic carboxylic acids is 1. The number of nitrogens with one attached hydrogen (secondary N) is 2. The quantitative estimate of drug-likeness (QED) is 0.181. The number of hydrogen-bond acceptors (Lipinski definition) is 2. The van der Waals surface area contributed by atoms with Gasteiger partial charge >= 0.3 is 12.1 Å². The normalized spacial score (nSPS) is 11.2. The number of alkyl halides is 3. The molecule has 5 nitrogen and oxygen atoms in total. The van der Waals surface area contributed by atoms with Gasteiger partial charge in [0.1, 0.15) is 5.82 Å². The van der Waals surface area contributed by atoms with Gasteiger partial charge in [0.15, 0.2) is 0 Å². The molecule has 0 radical (unpaired) electrons. The maximum atomic E-state index is 13.4. The fourth-order valence-corrected chi connectivity index (χ4v) is 4.44. The van der Waals surface area contributed by atoms with E-state index in [0.29, 0.717) is 0 Å². The second-order valence-electron chi connectivity index (χ2n) is 9.00. The predicted octanol–water partition coefficient (Wildman–Crippen LogP) is 7.57. The summed E-state index contributed by atoms with van der Waals surface area (Å²) in [7, 11) is 4.18. The first-order valence-electron chi connectivity index (χ1n) is 11.9. The molecule has 0 unspecified atom stereocenters. The van der Waals surface area contributed by atoms with Crippen LogP contribution in [0.1, 0.15) is 16.7 Å². The summed E-state index contributed by atoms with van der Waals surface area (Å²) in [6.45, 7) is 1.02. The van der Waals surface area contributed by atoms with Gasteiger partial charge in [0.25, 0.3) is 0 Å². The van der Waals surface area contributed by atoms with E-state index >= 15 is 0 Å². The fraction of sp³-hybridized carbons (Fsp3) is 0.207. The van der Waals surface area contributed by atoms with Gasteiger partial charge in [-0.05, 0) is 80.0 Å². The van der Waals surface area contributed by atoms with Crippen molar-refractivity contribution in [2.75, 3.05) is 20.6 Å². The standard InChI is InChI=1S/C19H21FN2.C8H6BrN.C2HF3O2/c1-22(2)10-9-15-6-4-8-18-19(15)16(13-21-18)11-14-5-3-7-17(20)12-14;9-7-2-1-3-8-6(7)4-5-10-8;3-2(4,5)1(6)7/h3-8,12-13,21H,9-11H2,1-2H3;1-5,10H;(H,6,7). The highest BCUT2D eigenvalue weighted by molar-refractivity contribution is 9.10. The molecule has 0 aliphatic carbocycles. The number of H-pyrrole nitrogens is 2. The molecule has 2 aromatic heterocycles. The Balaban J connectivity index is 0.000000203. The molecule has 0 aliphatic heterocycles. The van der Waals surface area contributed by atoms with Crippen molar-refractivity contribution in [3.8, 4) is 0 Å². The van der Waals surface area contributed by atoms with Crippen LogP contribution in [-0.2, 0) is 17.6 Å². The molecule has 0 saturated carbocycles. The Morgan fingerprint density at radius 1 is 0.949 bits per heavy atom. The Labute approximate surface area is 231 Å². The average molecular weight is 606 g/mol. The summed E-state index contributed by atoms with van der Waals surface area (Å²) in [5, 5.41) is 9.65. The van der Waals surface area contributed by atoms with Crippen molar-refractivity contribution in [3.05, 3.63) is 106 Å². The molecule has 0 spiro atoms. The van der Waals surface area contributed by atoms with E-state index in [1.54, 1.807) is 12.1 Å². The van der Waals surface area contributed by atoms with E-state index < -0.39 is 12.1 Å². The lowest BCUT2D eigenvalue weighted by Crippen LogP contribution is -2.21. The minimum atomic E-state index is -5.08. The zero-order valence-corrected chi connectivity index (χ0v) is 22.9. The van der Waals surface area contributed by atoms with Crippen molar-refractivity contribution in [1.29, 1.82) is 0 Å². The molecule has 5 rings (SSSR count). The highest BCUT2D eigenvalue weighted by Gasteiger charge is 2.38. The number of likely N-dealkylation sites (N-methyl/N-ethyl adjacent to an activating group) is 1. The van der Waals surface area contributed by atoms with Crippen molar-refractivity contribution in [2.45, 2.75) is 19.0 Å². The topological polar surface area (TPSA) is 72.1 Å². The van der Waals surface area contributed by atoms with Gasteiger partial charge in [-0.2, -0.15) is 13.2 Å². The van der Waals surface area contributed by atoms with Crippen molar-refractivity contribution < 1.29 is 27.5 Å². The molecule has 5 aromatic rings. The average Bonchev–Trinajstić information content (AvgIpc) is 3.51. The lowest BCUT2D eigenvalue weighted by Gasteiger charge is -2.11. The van der Waals surface area contributed by atoms with Crippen molar-refractivity contribution in [1.82, 2.24) is 14.9 Å². The molecule has 206 valence electrons. The van der Waals surface area contributed by atoms with Crippen LogP contribution in [-0.4, -0.2) is 52.8 Å². The molecule has 0 amide bonds. The highest BCUT2D eigenvalue weighted by atomic mass is 79.9. The third-order valence-corrected chi connectivity index (χ3v) is 6.46. The first kappa shape index (κ1) is 29.9. The number of rotatable bonds is 5. The smallest absolute Gasteiger partial charge is 0.475 e. The zero-order chi connectivity index (χ0) is 28.6. The number of hydrogen-bond donors (Lipinski definition) is 3. The van der Waals surface area contributed by atoms with Crippen molar-refractivity contribution in [3.63, 3.8) is 0 Å². The molecule has 0 bridgehead atoms. The Morgan fingerprint density at radius 2 is 1.62 bits per heavy atom. The van der Waals surface area contributed by atoms with E-state index in [2.05, 4.69) is 81.4 Å². The summed E-state index contributed by atoms with van der Waals surface area (Å²) in [5.41, 5.74) is 5.91. The third-order valence-electron chi connectivity index (χ3n) is 5.77. The Morgan fingerprint density at radius 3 is 2.26 bits per heavy atom. The number of aromatic amines is 2. The molecule has 3 aromatic carbocycles. The molecular weight excluding hydrogens is 578 g/mol. The molecule has 3 N–H and O–H groups in total. The summed E-state index contributed by atoms with van der Waals surface area (Å²) in [6.07, 6.45) is 0.666. The Kier molecular flexibility index (Phi) is 10.3. The van der Waals surface area contributed by atoms with E-state index in [1.807, 2.05) is 24.4 Å². The molecule has 0 aliphatic rings. The van der Waals surface area contributed by atoms with Crippen LogP contribution in [0.15, 0.2) is 83.6 Å². The molecule has 0 saturated heterocycles. The van der Waals surface area contributed by atoms with Gasteiger partial charge in [0.05, 0.1) is 0 Å². The van der Waals surface area contributed by atoms with E-state index in [9.17, 15) is 17.6 Å². The van der Waals surface area contributed by atoms with Crippen molar-refractivity contribution >= 4 is 43.7 Å². The minimum absolute atomic E-state index is 0.176. The highest BCUT2D eigenvalue weighted by Crippen LogP contribution is 2.26. The van der Waals surface area contributed by atoms with Crippen LogP contribution in [0.25, 0.3) is 21.8 Å². The summed E-state index contributed by atoms with van der Waals surface area (Å²) < 4.78 is 46.3. The van der Waals surface area contributed by atoms with Gasteiger partial charge < -0.3 is 20.0 Å². The fourth-order valence-electron chi connectivity index (χ4n) is 3.94.